The van der Waals surface area contributed by atoms with Gasteiger partial charge in [0.1, 0.15) is 6.04 Å². The lowest BCUT2D eigenvalue weighted by atomic mass is 10.1. The number of piperazine rings is 1. The first kappa shape index (κ1) is 15.6. The second kappa shape index (κ2) is 6.47. The molecular formula is C16H21N5O2. The molecule has 0 radical (unpaired) electrons. The van der Waals surface area contributed by atoms with Crippen molar-refractivity contribution < 1.29 is 9.32 Å². The molecule has 2 aromatic rings. The van der Waals surface area contributed by atoms with Crippen molar-refractivity contribution in [2.24, 2.45) is 5.73 Å². The number of benzene rings is 1. The maximum Gasteiger partial charge on any atom is 0.248 e. The van der Waals surface area contributed by atoms with Gasteiger partial charge < -0.3 is 10.3 Å². The molecule has 2 heterocycles. The number of carbonyl (C=O) groups is 1. The van der Waals surface area contributed by atoms with Gasteiger partial charge in [-0.3, -0.25) is 14.6 Å². The smallest absolute Gasteiger partial charge is 0.248 e. The number of carbonyl (C=O) groups excluding carboxylic acids is 1. The number of hydrogen-bond donors (Lipinski definition) is 1. The number of primary amides is 1. The van der Waals surface area contributed by atoms with E-state index in [9.17, 15) is 4.79 Å². The second-order valence-corrected chi connectivity index (χ2v) is 5.97. The quantitative estimate of drug-likeness (QED) is 0.904. The Hall–Kier alpha value is -2.25. The molecule has 1 atom stereocenters. The SMILES string of the molecule is Cc1noc([C@@H]2CN(Cc3ccc(C(N)=O)cc3)CCN2C)n1. The molecule has 1 amide bonds. The van der Waals surface area contributed by atoms with Gasteiger partial charge in [-0.25, -0.2) is 0 Å². The van der Waals surface area contributed by atoms with Gasteiger partial charge in [0.2, 0.25) is 11.8 Å². The molecule has 3 rings (SSSR count). The summed E-state index contributed by atoms with van der Waals surface area (Å²) in [5.41, 5.74) is 6.96. The van der Waals surface area contributed by atoms with E-state index in [4.69, 9.17) is 10.3 Å². The highest BCUT2D eigenvalue weighted by molar-refractivity contribution is 5.92. The molecule has 0 unspecified atom stereocenters. The number of hydrogen-bond acceptors (Lipinski definition) is 6. The molecule has 1 saturated heterocycles. The van der Waals surface area contributed by atoms with E-state index in [2.05, 4.69) is 27.0 Å². The van der Waals surface area contributed by atoms with Crippen LogP contribution in [-0.2, 0) is 6.54 Å². The standard InChI is InChI=1S/C16H21N5O2/c1-11-18-16(23-19-11)14-10-21(8-7-20(14)2)9-12-3-5-13(6-4-12)15(17)22/h3-6,14H,7-10H2,1-2H3,(H2,17,22)/t14-/m0/s1. The summed E-state index contributed by atoms with van der Waals surface area (Å²) in [7, 11) is 2.07. The summed E-state index contributed by atoms with van der Waals surface area (Å²) in [6.45, 7) is 5.38. The first-order valence-corrected chi connectivity index (χ1v) is 7.64. The van der Waals surface area contributed by atoms with Crippen LogP contribution in [-0.4, -0.2) is 52.5 Å². The Bertz CT molecular complexity index is 682. The van der Waals surface area contributed by atoms with Crippen molar-refractivity contribution in [3.63, 3.8) is 0 Å². The molecule has 7 heteroatoms. The molecule has 23 heavy (non-hydrogen) atoms. The van der Waals surface area contributed by atoms with E-state index < -0.39 is 5.91 Å². The molecule has 2 N–H and O–H groups in total. The first-order chi connectivity index (χ1) is 11.0. The number of amides is 1. The second-order valence-electron chi connectivity index (χ2n) is 5.97. The summed E-state index contributed by atoms with van der Waals surface area (Å²) in [5.74, 6) is 0.925. The van der Waals surface area contributed by atoms with Gasteiger partial charge in [-0.15, -0.1) is 0 Å². The maximum absolute atomic E-state index is 11.1. The highest BCUT2D eigenvalue weighted by atomic mass is 16.5. The van der Waals surface area contributed by atoms with Crippen molar-refractivity contribution in [1.29, 1.82) is 0 Å². The van der Waals surface area contributed by atoms with Crippen molar-refractivity contribution >= 4 is 5.91 Å². The number of aryl methyl sites for hydroxylation is 1. The van der Waals surface area contributed by atoms with Crippen LogP contribution in [0, 0.1) is 6.92 Å². The summed E-state index contributed by atoms with van der Waals surface area (Å²) < 4.78 is 5.33. The fourth-order valence-corrected chi connectivity index (χ4v) is 2.82. The van der Waals surface area contributed by atoms with Crippen molar-refractivity contribution in [1.82, 2.24) is 19.9 Å². The number of likely N-dealkylation sites (N-methyl/N-ethyl adjacent to an activating group) is 1. The predicted molar refractivity (Wildman–Crippen MR) is 84.6 cm³/mol. The monoisotopic (exact) mass is 315 g/mol. The van der Waals surface area contributed by atoms with Gasteiger partial charge >= 0.3 is 0 Å². The molecule has 0 spiro atoms. The zero-order valence-electron chi connectivity index (χ0n) is 13.4. The molecule has 122 valence electrons. The lowest BCUT2D eigenvalue weighted by molar-refractivity contribution is 0.0714. The molecule has 1 aliphatic rings. The predicted octanol–water partition coefficient (Wildman–Crippen LogP) is 0.966. The van der Waals surface area contributed by atoms with E-state index in [1.165, 1.54) is 0 Å². The molecule has 1 fully saturated rings. The zero-order valence-corrected chi connectivity index (χ0v) is 13.4. The van der Waals surface area contributed by atoms with Crippen LogP contribution in [0.15, 0.2) is 28.8 Å². The number of aromatic nitrogens is 2. The Labute approximate surface area is 135 Å². The zero-order chi connectivity index (χ0) is 16.4. The Morgan fingerprint density at radius 1 is 1.35 bits per heavy atom. The minimum Gasteiger partial charge on any atom is -0.366 e. The number of nitrogens with zero attached hydrogens (tertiary/aromatic N) is 4. The van der Waals surface area contributed by atoms with Crippen LogP contribution < -0.4 is 5.73 Å². The van der Waals surface area contributed by atoms with Crippen molar-refractivity contribution in [2.75, 3.05) is 26.7 Å². The third kappa shape index (κ3) is 3.57. The molecule has 1 aliphatic heterocycles. The molecule has 1 aromatic carbocycles. The van der Waals surface area contributed by atoms with Crippen LogP contribution in [0.1, 0.15) is 33.7 Å². The summed E-state index contributed by atoms with van der Waals surface area (Å²) >= 11 is 0. The van der Waals surface area contributed by atoms with Crippen LogP contribution in [0.2, 0.25) is 0 Å². The van der Waals surface area contributed by atoms with E-state index in [0.29, 0.717) is 17.3 Å². The molecule has 1 aromatic heterocycles. The summed E-state index contributed by atoms with van der Waals surface area (Å²) in [6, 6.07) is 7.54. The van der Waals surface area contributed by atoms with Crippen LogP contribution in [0.3, 0.4) is 0 Å². The average molecular weight is 315 g/mol. The van der Waals surface area contributed by atoms with Gasteiger partial charge in [0.15, 0.2) is 5.82 Å². The van der Waals surface area contributed by atoms with Gasteiger partial charge in [-0.1, -0.05) is 17.3 Å². The Morgan fingerprint density at radius 3 is 2.70 bits per heavy atom. The summed E-state index contributed by atoms with van der Waals surface area (Å²) in [4.78, 5) is 20.1. The van der Waals surface area contributed by atoms with Gasteiger partial charge in [-0.2, -0.15) is 4.98 Å². The third-order valence-electron chi connectivity index (χ3n) is 4.21. The van der Waals surface area contributed by atoms with Gasteiger partial charge in [0.25, 0.3) is 0 Å². The van der Waals surface area contributed by atoms with Gasteiger partial charge in [0.05, 0.1) is 0 Å². The molecular weight excluding hydrogens is 294 g/mol. The van der Waals surface area contributed by atoms with Crippen molar-refractivity contribution in [3.8, 4) is 0 Å². The molecule has 0 aliphatic carbocycles. The van der Waals surface area contributed by atoms with Crippen molar-refractivity contribution in [3.05, 3.63) is 47.1 Å². The summed E-state index contributed by atoms with van der Waals surface area (Å²) in [6.07, 6.45) is 0. The van der Waals surface area contributed by atoms with Gasteiger partial charge in [-0.05, 0) is 31.7 Å². The van der Waals surface area contributed by atoms with E-state index >= 15 is 0 Å². The number of nitrogens with two attached hydrogens (primary N) is 1. The minimum absolute atomic E-state index is 0.106. The largest absolute Gasteiger partial charge is 0.366 e. The Balaban J connectivity index is 1.67. The lowest BCUT2D eigenvalue weighted by Gasteiger charge is -2.37. The average Bonchev–Trinajstić information content (AvgIpc) is 2.96. The van der Waals surface area contributed by atoms with E-state index in [1.54, 1.807) is 12.1 Å². The van der Waals surface area contributed by atoms with Crippen molar-refractivity contribution in [2.45, 2.75) is 19.5 Å². The molecule has 7 nitrogen and oxygen atoms in total. The Morgan fingerprint density at radius 2 is 2.09 bits per heavy atom. The summed E-state index contributed by atoms with van der Waals surface area (Å²) in [5, 5.41) is 3.89. The highest BCUT2D eigenvalue weighted by Crippen LogP contribution is 2.23. The lowest BCUT2D eigenvalue weighted by Crippen LogP contribution is -2.46. The minimum atomic E-state index is -0.400. The van der Waals surface area contributed by atoms with Crippen LogP contribution in [0.4, 0.5) is 0 Å². The molecule has 0 saturated carbocycles. The fraction of sp³-hybridized carbons (Fsp3) is 0.438. The van der Waals surface area contributed by atoms with E-state index in [0.717, 1.165) is 31.7 Å². The van der Waals surface area contributed by atoms with E-state index in [-0.39, 0.29) is 6.04 Å². The van der Waals surface area contributed by atoms with Crippen LogP contribution in [0.25, 0.3) is 0 Å². The van der Waals surface area contributed by atoms with Crippen LogP contribution in [0.5, 0.6) is 0 Å². The topological polar surface area (TPSA) is 88.5 Å². The maximum atomic E-state index is 11.1. The van der Waals surface area contributed by atoms with Gasteiger partial charge in [0, 0.05) is 31.7 Å². The number of rotatable bonds is 4. The Kier molecular flexibility index (Phi) is 4.40. The normalized spacial score (nSPS) is 19.8. The molecule has 0 bridgehead atoms. The highest BCUT2D eigenvalue weighted by Gasteiger charge is 2.29. The first-order valence-electron chi connectivity index (χ1n) is 7.64. The van der Waals surface area contributed by atoms with Crippen LogP contribution >= 0.6 is 0 Å². The fourth-order valence-electron chi connectivity index (χ4n) is 2.82. The third-order valence-corrected chi connectivity index (χ3v) is 4.21. The van der Waals surface area contributed by atoms with E-state index in [1.807, 2.05) is 19.1 Å².